The van der Waals surface area contributed by atoms with Crippen LogP contribution < -0.4 is 10.0 Å². The fourth-order valence-electron chi connectivity index (χ4n) is 2.97. The van der Waals surface area contributed by atoms with Crippen molar-refractivity contribution in [2.75, 3.05) is 25.5 Å². The summed E-state index contributed by atoms with van der Waals surface area (Å²) in [5, 5.41) is 5.22. The van der Waals surface area contributed by atoms with E-state index >= 15 is 0 Å². The maximum Gasteiger partial charge on any atom is 0.274 e. The van der Waals surface area contributed by atoms with Crippen molar-refractivity contribution in [3.05, 3.63) is 29.0 Å². The predicted molar refractivity (Wildman–Crippen MR) is 101 cm³/mol. The molecule has 3 rings (SSSR count). The second kappa shape index (κ2) is 7.87. The number of likely N-dealkylation sites (tertiary alicyclic amines) is 1. The maximum atomic E-state index is 12.5. The van der Waals surface area contributed by atoms with Crippen LogP contribution in [0.5, 0.6) is 0 Å². The summed E-state index contributed by atoms with van der Waals surface area (Å²) in [7, 11) is -0.621. The summed E-state index contributed by atoms with van der Waals surface area (Å²) in [6.45, 7) is 2.97. The minimum atomic E-state index is -3.59. The smallest absolute Gasteiger partial charge is 0.274 e. The zero-order valence-electron chi connectivity index (χ0n) is 14.9. The average Bonchev–Trinajstić information content (AvgIpc) is 3.22. The molecule has 0 bridgehead atoms. The minimum absolute atomic E-state index is 0.0533. The molecular weight excluding hydrogens is 374 g/mol. The molecule has 8 nitrogen and oxygen atoms in total. The molecule has 0 aromatic carbocycles. The molecule has 0 unspecified atom stereocenters. The second-order valence-corrected chi connectivity index (χ2v) is 9.06. The Bertz CT molecular complexity index is 882. The van der Waals surface area contributed by atoms with Crippen LogP contribution >= 0.6 is 11.3 Å². The van der Waals surface area contributed by atoms with Crippen molar-refractivity contribution < 1.29 is 13.2 Å². The Morgan fingerprint density at radius 3 is 2.73 bits per heavy atom. The van der Waals surface area contributed by atoms with E-state index in [9.17, 15) is 13.2 Å². The van der Waals surface area contributed by atoms with Crippen molar-refractivity contribution in [1.29, 1.82) is 0 Å². The van der Waals surface area contributed by atoms with Crippen LogP contribution in [0.3, 0.4) is 0 Å². The van der Waals surface area contributed by atoms with Crippen LogP contribution in [0.1, 0.15) is 35.4 Å². The molecule has 1 aliphatic heterocycles. The summed E-state index contributed by atoms with van der Waals surface area (Å²) >= 11 is 1.37. The van der Waals surface area contributed by atoms with Gasteiger partial charge in [-0.1, -0.05) is 6.42 Å². The third-order valence-electron chi connectivity index (χ3n) is 4.40. The highest BCUT2D eigenvalue weighted by molar-refractivity contribution is 7.89. The van der Waals surface area contributed by atoms with E-state index in [1.54, 1.807) is 7.05 Å². The Morgan fingerprint density at radius 2 is 2.04 bits per heavy atom. The van der Waals surface area contributed by atoms with Crippen LogP contribution in [0.15, 0.2) is 22.5 Å². The maximum absolute atomic E-state index is 12.5. The predicted octanol–water partition coefficient (Wildman–Crippen LogP) is 1.63. The average molecular weight is 398 g/mol. The number of anilines is 1. The molecule has 0 saturated carbocycles. The van der Waals surface area contributed by atoms with E-state index in [1.165, 1.54) is 54.5 Å². The van der Waals surface area contributed by atoms with Crippen molar-refractivity contribution in [3.8, 4) is 0 Å². The van der Waals surface area contributed by atoms with Crippen molar-refractivity contribution >= 4 is 32.4 Å². The fraction of sp³-hybridized carbons (Fsp3) is 0.500. The van der Waals surface area contributed by atoms with Crippen molar-refractivity contribution in [2.45, 2.75) is 30.7 Å². The van der Waals surface area contributed by atoms with Gasteiger partial charge in [-0.15, -0.1) is 11.3 Å². The lowest BCUT2D eigenvalue weighted by Crippen LogP contribution is -2.29. The van der Waals surface area contributed by atoms with E-state index < -0.39 is 10.0 Å². The lowest BCUT2D eigenvalue weighted by atomic mass is 10.1. The van der Waals surface area contributed by atoms with Gasteiger partial charge in [0.1, 0.15) is 10.6 Å². The van der Waals surface area contributed by atoms with E-state index in [2.05, 4.69) is 19.9 Å². The SMILES string of the molecule is CNS(=O)(=O)c1cc(C(=O)Nc2nc(CN3CCCCC3)cs2)n(C)c1. The number of rotatable bonds is 6. The van der Waals surface area contributed by atoms with Crippen molar-refractivity contribution in [3.63, 3.8) is 0 Å². The van der Waals surface area contributed by atoms with Crippen LogP contribution in [-0.2, 0) is 23.6 Å². The zero-order chi connectivity index (χ0) is 18.7. The van der Waals surface area contributed by atoms with Gasteiger partial charge in [0, 0.05) is 25.2 Å². The molecule has 1 aliphatic rings. The third-order valence-corrected chi connectivity index (χ3v) is 6.59. The number of piperidine rings is 1. The molecule has 2 aromatic heterocycles. The number of amides is 1. The van der Waals surface area contributed by atoms with E-state index in [4.69, 9.17) is 0 Å². The zero-order valence-corrected chi connectivity index (χ0v) is 16.5. The highest BCUT2D eigenvalue weighted by Crippen LogP contribution is 2.20. The molecule has 0 radical (unpaired) electrons. The lowest BCUT2D eigenvalue weighted by molar-refractivity contribution is 0.101. The number of carbonyl (C=O) groups excluding carboxylic acids is 1. The van der Waals surface area contributed by atoms with Gasteiger partial charge < -0.3 is 4.57 Å². The van der Waals surface area contributed by atoms with Crippen LogP contribution in [0.2, 0.25) is 0 Å². The number of hydrogen-bond donors (Lipinski definition) is 2. The molecule has 142 valence electrons. The van der Waals surface area contributed by atoms with Gasteiger partial charge in [0.05, 0.1) is 5.69 Å². The number of nitrogens with one attached hydrogen (secondary N) is 2. The molecular formula is C16H23N5O3S2. The molecule has 10 heteroatoms. The van der Waals surface area contributed by atoms with Gasteiger partial charge in [0.25, 0.3) is 5.91 Å². The summed E-state index contributed by atoms with van der Waals surface area (Å²) in [5.41, 5.74) is 1.20. The first-order valence-corrected chi connectivity index (χ1v) is 10.8. The molecule has 3 heterocycles. The normalized spacial score (nSPS) is 15.9. The number of thiazole rings is 1. The first kappa shape index (κ1) is 19.0. The number of hydrogen-bond acceptors (Lipinski definition) is 6. The molecule has 2 aromatic rings. The molecule has 0 atom stereocenters. The van der Waals surface area contributed by atoms with Gasteiger partial charge in [0.15, 0.2) is 5.13 Å². The molecule has 2 N–H and O–H groups in total. The molecule has 0 spiro atoms. The minimum Gasteiger partial charge on any atom is -0.345 e. The Labute approximate surface area is 157 Å². The standard InChI is InChI=1S/C16H23N5O3S2/c1-17-26(23,24)13-8-14(20(2)10-13)15(22)19-16-18-12(11-25-16)9-21-6-4-3-5-7-21/h8,10-11,17H,3-7,9H2,1-2H3,(H,18,19,22). The quantitative estimate of drug-likeness (QED) is 0.772. The fourth-order valence-corrected chi connectivity index (χ4v) is 4.47. The van der Waals surface area contributed by atoms with Gasteiger partial charge in [-0.25, -0.2) is 18.1 Å². The van der Waals surface area contributed by atoms with Gasteiger partial charge in [-0.2, -0.15) is 0 Å². The molecule has 1 amide bonds. The first-order chi connectivity index (χ1) is 12.4. The summed E-state index contributed by atoms with van der Waals surface area (Å²) in [5.74, 6) is -0.385. The Hall–Kier alpha value is -1.75. The summed E-state index contributed by atoms with van der Waals surface area (Å²) in [6, 6.07) is 1.35. The topological polar surface area (TPSA) is 96.3 Å². The molecule has 0 aliphatic carbocycles. The number of nitrogens with zero attached hydrogens (tertiary/aromatic N) is 3. The van der Waals surface area contributed by atoms with Gasteiger partial charge >= 0.3 is 0 Å². The van der Waals surface area contributed by atoms with Crippen LogP contribution in [0.4, 0.5) is 5.13 Å². The summed E-state index contributed by atoms with van der Waals surface area (Å²) in [4.78, 5) is 19.4. The summed E-state index contributed by atoms with van der Waals surface area (Å²) in [6.07, 6.45) is 5.14. The lowest BCUT2D eigenvalue weighted by Gasteiger charge is -2.25. The van der Waals surface area contributed by atoms with Crippen LogP contribution in [0.25, 0.3) is 0 Å². The number of aryl methyl sites for hydroxylation is 1. The van der Waals surface area contributed by atoms with E-state index in [0.717, 1.165) is 25.3 Å². The largest absolute Gasteiger partial charge is 0.345 e. The van der Waals surface area contributed by atoms with E-state index in [1.807, 2.05) is 5.38 Å². The van der Waals surface area contributed by atoms with Gasteiger partial charge in [0.2, 0.25) is 10.0 Å². The highest BCUT2D eigenvalue weighted by atomic mass is 32.2. The van der Waals surface area contributed by atoms with Gasteiger partial charge in [-0.3, -0.25) is 15.0 Å². The molecule has 1 saturated heterocycles. The van der Waals surface area contributed by atoms with Crippen LogP contribution in [0, 0.1) is 0 Å². The highest BCUT2D eigenvalue weighted by Gasteiger charge is 2.20. The van der Waals surface area contributed by atoms with Gasteiger partial charge in [-0.05, 0) is 39.0 Å². The van der Waals surface area contributed by atoms with E-state index in [0.29, 0.717) is 5.13 Å². The van der Waals surface area contributed by atoms with Crippen molar-refractivity contribution in [2.24, 2.45) is 7.05 Å². The Balaban J connectivity index is 1.67. The number of carbonyl (C=O) groups is 1. The number of aromatic nitrogens is 2. The first-order valence-electron chi connectivity index (χ1n) is 8.47. The Morgan fingerprint density at radius 1 is 1.31 bits per heavy atom. The summed E-state index contributed by atoms with van der Waals surface area (Å²) < 4.78 is 27.5. The van der Waals surface area contributed by atoms with Crippen LogP contribution in [-0.4, -0.2) is 48.9 Å². The van der Waals surface area contributed by atoms with E-state index in [-0.39, 0.29) is 16.5 Å². The number of sulfonamides is 1. The third kappa shape index (κ3) is 4.32. The molecule has 26 heavy (non-hydrogen) atoms. The second-order valence-electron chi connectivity index (χ2n) is 6.31. The molecule has 1 fully saturated rings. The van der Waals surface area contributed by atoms with Crippen molar-refractivity contribution in [1.82, 2.24) is 19.2 Å². The Kier molecular flexibility index (Phi) is 5.76. The monoisotopic (exact) mass is 397 g/mol.